The van der Waals surface area contributed by atoms with Crippen molar-refractivity contribution in [1.82, 2.24) is 15.1 Å². The van der Waals surface area contributed by atoms with E-state index in [0.29, 0.717) is 12.5 Å². The van der Waals surface area contributed by atoms with Crippen molar-refractivity contribution in [2.45, 2.75) is 44.2 Å². The monoisotopic (exact) mass is 328 g/mol. The molecule has 7 heteroatoms. The topological polar surface area (TPSA) is 78.7 Å². The Labute approximate surface area is 137 Å². The number of nitrogens with zero attached hydrogens (tertiary/aromatic N) is 2. The zero-order valence-electron chi connectivity index (χ0n) is 13.4. The zero-order chi connectivity index (χ0) is 15.9. The zero-order valence-corrected chi connectivity index (χ0v) is 14.2. The molecule has 3 amide bonds. The van der Waals surface area contributed by atoms with Gasteiger partial charge in [-0.3, -0.25) is 9.69 Å². The number of hydrogen-bond donors (Lipinski definition) is 2. The summed E-state index contributed by atoms with van der Waals surface area (Å²) in [6, 6.07) is -0.389. The number of carbonyl (C=O) groups is 2. The first kappa shape index (κ1) is 17.4. The van der Waals surface area contributed by atoms with Crippen LogP contribution in [0, 0.1) is 0 Å². The minimum atomic E-state index is -0.621. The Morgan fingerprint density at radius 3 is 2.41 bits per heavy atom. The highest BCUT2D eigenvalue weighted by molar-refractivity contribution is 7.98. The molecule has 3 N–H and O–H groups in total. The maximum atomic E-state index is 12.6. The van der Waals surface area contributed by atoms with Crippen LogP contribution in [0.25, 0.3) is 0 Å². The number of rotatable bonds is 6. The molecule has 1 saturated carbocycles. The highest BCUT2D eigenvalue weighted by Gasteiger charge is 2.31. The molecule has 126 valence electrons. The predicted molar refractivity (Wildman–Crippen MR) is 89.9 cm³/mol. The fourth-order valence-electron chi connectivity index (χ4n) is 3.46. The van der Waals surface area contributed by atoms with Crippen LogP contribution in [0.2, 0.25) is 0 Å². The summed E-state index contributed by atoms with van der Waals surface area (Å²) >= 11 is 1.67. The third-order valence-electron chi connectivity index (χ3n) is 4.69. The van der Waals surface area contributed by atoms with E-state index in [1.807, 2.05) is 11.2 Å². The molecule has 6 nitrogen and oxygen atoms in total. The van der Waals surface area contributed by atoms with Crippen molar-refractivity contribution in [1.29, 1.82) is 0 Å². The van der Waals surface area contributed by atoms with Crippen LogP contribution in [0.1, 0.15) is 32.1 Å². The molecule has 22 heavy (non-hydrogen) atoms. The number of carbonyl (C=O) groups excluding carboxylic acids is 2. The normalized spacial score (nSPS) is 21.8. The SMILES string of the molecule is CSCCC(NC(N)=O)C(=O)N1CCN(C2CCCC2)CC1. The van der Waals surface area contributed by atoms with Gasteiger partial charge in [-0.05, 0) is 31.3 Å². The number of urea groups is 1. The molecule has 1 aliphatic carbocycles. The Kier molecular flexibility index (Phi) is 6.82. The second-order valence-corrected chi connectivity index (χ2v) is 7.13. The van der Waals surface area contributed by atoms with E-state index in [4.69, 9.17) is 5.73 Å². The molecule has 2 rings (SSSR count). The van der Waals surface area contributed by atoms with Gasteiger partial charge in [-0.1, -0.05) is 12.8 Å². The largest absolute Gasteiger partial charge is 0.352 e. The maximum absolute atomic E-state index is 12.6. The summed E-state index contributed by atoms with van der Waals surface area (Å²) < 4.78 is 0. The van der Waals surface area contributed by atoms with E-state index >= 15 is 0 Å². The first-order chi connectivity index (χ1) is 10.6. The van der Waals surface area contributed by atoms with Crippen LogP contribution < -0.4 is 11.1 Å². The van der Waals surface area contributed by atoms with Crippen molar-refractivity contribution >= 4 is 23.7 Å². The molecular formula is C15H28N4O2S. The highest BCUT2D eigenvalue weighted by Crippen LogP contribution is 2.24. The Morgan fingerprint density at radius 2 is 1.86 bits per heavy atom. The quantitative estimate of drug-likeness (QED) is 0.758. The molecule has 0 bridgehead atoms. The summed E-state index contributed by atoms with van der Waals surface area (Å²) in [5, 5.41) is 2.60. The lowest BCUT2D eigenvalue weighted by Gasteiger charge is -2.39. The summed E-state index contributed by atoms with van der Waals surface area (Å²) in [6.45, 7) is 3.40. The molecule has 2 aliphatic rings. The minimum absolute atomic E-state index is 0.0129. The number of nitrogens with two attached hydrogens (primary N) is 1. The van der Waals surface area contributed by atoms with Gasteiger partial charge in [0.15, 0.2) is 0 Å². The molecule has 2 fully saturated rings. The Hall–Kier alpha value is -0.950. The summed E-state index contributed by atoms with van der Waals surface area (Å²) in [5.74, 6) is 0.845. The lowest BCUT2D eigenvalue weighted by molar-refractivity contribution is -0.135. The second-order valence-electron chi connectivity index (χ2n) is 6.14. The number of thioether (sulfide) groups is 1. The third kappa shape index (κ3) is 4.78. The van der Waals surface area contributed by atoms with Gasteiger partial charge in [0, 0.05) is 32.2 Å². The molecule has 1 atom stereocenters. The van der Waals surface area contributed by atoms with Crippen LogP contribution in [-0.2, 0) is 4.79 Å². The van der Waals surface area contributed by atoms with Gasteiger partial charge < -0.3 is 16.0 Å². The average molecular weight is 328 g/mol. The fourth-order valence-corrected chi connectivity index (χ4v) is 3.93. The van der Waals surface area contributed by atoms with Crippen LogP contribution >= 0.6 is 11.8 Å². The number of hydrogen-bond acceptors (Lipinski definition) is 4. The molecule has 0 spiro atoms. The number of piperazine rings is 1. The molecule has 0 aromatic rings. The number of amides is 3. The van der Waals surface area contributed by atoms with Gasteiger partial charge in [-0.15, -0.1) is 0 Å². The molecule has 1 saturated heterocycles. The number of nitrogens with one attached hydrogen (secondary N) is 1. The standard InChI is InChI=1S/C15H28N4O2S/c1-22-11-6-13(17-15(16)21)14(20)19-9-7-18(8-10-19)12-4-2-3-5-12/h12-13H,2-11H2,1H3,(H3,16,17,21). The maximum Gasteiger partial charge on any atom is 0.312 e. The molecule has 1 unspecified atom stereocenters. The Morgan fingerprint density at radius 1 is 1.23 bits per heavy atom. The van der Waals surface area contributed by atoms with Crippen LogP contribution in [0.5, 0.6) is 0 Å². The average Bonchev–Trinajstić information content (AvgIpc) is 3.05. The van der Waals surface area contributed by atoms with Gasteiger partial charge >= 0.3 is 6.03 Å². The van der Waals surface area contributed by atoms with Gasteiger partial charge in [-0.25, -0.2) is 4.79 Å². The van der Waals surface area contributed by atoms with Crippen molar-refractivity contribution in [2.75, 3.05) is 38.2 Å². The van der Waals surface area contributed by atoms with Crippen LogP contribution in [0.3, 0.4) is 0 Å². The van der Waals surface area contributed by atoms with Crippen molar-refractivity contribution < 1.29 is 9.59 Å². The molecule has 0 aromatic heterocycles. The first-order valence-electron chi connectivity index (χ1n) is 8.19. The molecule has 0 radical (unpaired) electrons. The smallest absolute Gasteiger partial charge is 0.312 e. The summed E-state index contributed by atoms with van der Waals surface area (Å²) in [5.41, 5.74) is 5.20. The van der Waals surface area contributed by atoms with E-state index in [-0.39, 0.29) is 5.91 Å². The molecule has 1 aliphatic heterocycles. The van der Waals surface area contributed by atoms with Gasteiger partial charge in [0.25, 0.3) is 0 Å². The van der Waals surface area contributed by atoms with Crippen molar-refractivity contribution in [3.05, 3.63) is 0 Å². The summed E-state index contributed by atoms with van der Waals surface area (Å²) in [7, 11) is 0. The van der Waals surface area contributed by atoms with E-state index in [0.717, 1.165) is 31.9 Å². The van der Waals surface area contributed by atoms with E-state index < -0.39 is 12.1 Å². The summed E-state index contributed by atoms with van der Waals surface area (Å²) in [6.07, 6.45) is 7.89. The van der Waals surface area contributed by atoms with Crippen LogP contribution in [0.15, 0.2) is 0 Å². The lowest BCUT2D eigenvalue weighted by Crippen LogP contribution is -2.56. The van der Waals surface area contributed by atoms with E-state index in [1.165, 1.54) is 25.7 Å². The second kappa shape index (κ2) is 8.62. The van der Waals surface area contributed by atoms with E-state index in [9.17, 15) is 9.59 Å². The van der Waals surface area contributed by atoms with Gasteiger partial charge in [-0.2, -0.15) is 11.8 Å². The first-order valence-corrected chi connectivity index (χ1v) is 9.59. The molecule has 0 aromatic carbocycles. The summed E-state index contributed by atoms with van der Waals surface area (Å²) in [4.78, 5) is 28.1. The number of primary amides is 1. The van der Waals surface area contributed by atoms with Gasteiger partial charge in [0.1, 0.15) is 6.04 Å². The van der Waals surface area contributed by atoms with Crippen LogP contribution in [-0.4, -0.2) is 72.0 Å². The van der Waals surface area contributed by atoms with Crippen molar-refractivity contribution in [3.63, 3.8) is 0 Å². The van der Waals surface area contributed by atoms with Crippen molar-refractivity contribution in [2.24, 2.45) is 5.73 Å². The third-order valence-corrected chi connectivity index (χ3v) is 5.34. The van der Waals surface area contributed by atoms with Crippen LogP contribution in [0.4, 0.5) is 4.79 Å². The molecular weight excluding hydrogens is 300 g/mol. The van der Waals surface area contributed by atoms with E-state index in [2.05, 4.69) is 10.2 Å². The van der Waals surface area contributed by atoms with Gasteiger partial charge in [0.05, 0.1) is 0 Å². The van der Waals surface area contributed by atoms with Crippen molar-refractivity contribution in [3.8, 4) is 0 Å². The minimum Gasteiger partial charge on any atom is -0.352 e. The Balaban J connectivity index is 1.84. The highest BCUT2D eigenvalue weighted by atomic mass is 32.2. The Bertz CT molecular complexity index is 380. The lowest BCUT2D eigenvalue weighted by atomic mass is 10.1. The fraction of sp³-hybridized carbons (Fsp3) is 0.867. The van der Waals surface area contributed by atoms with Gasteiger partial charge in [0.2, 0.25) is 5.91 Å². The predicted octanol–water partition coefficient (Wildman–Crippen LogP) is 0.863. The van der Waals surface area contributed by atoms with E-state index in [1.54, 1.807) is 11.8 Å². The molecule has 1 heterocycles.